The van der Waals surface area contributed by atoms with Gasteiger partial charge in [0.05, 0.1) is 0 Å². The highest BCUT2D eigenvalue weighted by molar-refractivity contribution is 5.73. The van der Waals surface area contributed by atoms with Gasteiger partial charge in [-0.15, -0.1) is 0 Å². The largest absolute Gasteiger partial charge is 0.462 e. The Morgan fingerprint density at radius 1 is 0.467 bits per heavy atom. The molecule has 0 radical (unpaired) electrons. The van der Waals surface area contributed by atoms with Crippen LogP contribution in [0.2, 0.25) is 0 Å². The molecule has 0 aliphatic heterocycles. The molecule has 0 fully saturated rings. The van der Waals surface area contributed by atoms with Crippen LogP contribution in [-0.4, -0.2) is 62.3 Å². The fraction of sp³-hybridized carbons (Fsp3) is 0.882. The molecule has 0 saturated heterocycles. The summed E-state index contributed by atoms with van der Waals surface area (Å²) in [6, 6.07) is 0. The third-order valence-electron chi connectivity index (χ3n) is 12.3. The van der Waals surface area contributed by atoms with Crippen molar-refractivity contribution in [3.63, 3.8) is 0 Å². The van der Waals surface area contributed by atoms with E-state index in [-0.39, 0.29) is 24.1 Å². The Hall–Kier alpha value is -2.42. The van der Waals surface area contributed by atoms with Crippen LogP contribution < -0.4 is 21.5 Å². The summed E-state index contributed by atoms with van der Waals surface area (Å²) in [7, 11) is 1.67. The van der Waals surface area contributed by atoms with Gasteiger partial charge in [0.2, 0.25) is 0 Å². The Bertz CT molecular complexity index is 1210. The molecule has 0 aliphatic carbocycles. The van der Waals surface area contributed by atoms with E-state index in [1.807, 2.05) is 0 Å². The van der Waals surface area contributed by atoms with Gasteiger partial charge in [-0.1, -0.05) is 163 Å². The smallest absolute Gasteiger partial charge is 0.306 e. The summed E-state index contributed by atoms with van der Waals surface area (Å²) in [6.45, 7) is 12.2. The van der Waals surface area contributed by atoms with Crippen LogP contribution in [0.4, 0.5) is 11.4 Å². The van der Waals surface area contributed by atoms with E-state index in [0.717, 1.165) is 129 Å². The Balaban J connectivity index is 2.40. The summed E-state index contributed by atoms with van der Waals surface area (Å²) in [5.74, 6) is -0.0522. The van der Waals surface area contributed by atoms with Gasteiger partial charge in [0.15, 0.2) is 0 Å². The van der Waals surface area contributed by atoms with Gasteiger partial charge in [-0.25, -0.2) is 0 Å². The predicted molar refractivity (Wildman–Crippen MR) is 255 cm³/mol. The van der Waals surface area contributed by atoms with Crippen molar-refractivity contribution in [2.45, 2.75) is 258 Å². The number of unbranched alkanes of at least 4 members (excludes halogenated alkanes) is 23. The molecular weight excluding hydrogens is 751 g/mol. The average molecular weight is 846 g/mol. The van der Waals surface area contributed by atoms with Crippen LogP contribution in [0.25, 0.3) is 0 Å². The van der Waals surface area contributed by atoms with Gasteiger partial charge in [0, 0.05) is 33.0 Å². The quantitative estimate of drug-likeness (QED) is 0.0376. The first-order chi connectivity index (χ1) is 29.3. The second kappa shape index (κ2) is 39.4. The Kier molecular flexibility index (Phi) is 36.5. The zero-order valence-corrected chi connectivity index (χ0v) is 39.9. The molecular formula is C51H95N3O6. The SMILES string of the molecule is CCCCCCCCC(CC)OC(=O)CCCCCCCN(CCCCCCCC(=O)OC(CCCCCCCC)CCCCCCCC)CCNc1c(NC)c(=O)c1=O. The molecule has 0 amide bonds. The first kappa shape index (κ1) is 55.6. The zero-order chi connectivity index (χ0) is 43.9. The van der Waals surface area contributed by atoms with Gasteiger partial charge in [-0.2, -0.15) is 0 Å². The molecule has 2 N–H and O–H groups in total. The second-order valence-corrected chi connectivity index (χ2v) is 17.8. The molecule has 0 aromatic heterocycles. The van der Waals surface area contributed by atoms with Crippen molar-refractivity contribution in [2.75, 3.05) is 43.9 Å². The van der Waals surface area contributed by atoms with Crippen molar-refractivity contribution < 1.29 is 19.1 Å². The molecule has 1 aromatic rings. The van der Waals surface area contributed by atoms with Gasteiger partial charge < -0.3 is 25.0 Å². The molecule has 0 aliphatic rings. The van der Waals surface area contributed by atoms with E-state index in [0.29, 0.717) is 30.8 Å². The van der Waals surface area contributed by atoms with Crippen LogP contribution in [0, 0.1) is 0 Å². The molecule has 60 heavy (non-hydrogen) atoms. The Morgan fingerprint density at radius 3 is 1.27 bits per heavy atom. The molecule has 9 nitrogen and oxygen atoms in total. The van der Waals surface area contributed by atoms with E-state index in [2.05, 4.69) is 43.2 Å². The Labute approximate surface area is 368 Å². The first-order valence-corrected chi connectivity index (χ1v) is 25.7. The number of ether oxygens (including phenoxy) is 2. The maximum atomic E-state index is 12.9. The second-order valence-electron chi connectivity index (χ2n) is 17.8. The summed E-state index contributed by atoms with van der Waals surface area (Å²) < 4.78 is 11.9. The third kappa shape index (κ3) is 29.0. The highest BCUT2D eigenvalue weighted by atomic mass is 16.5. The number of anilines is 2. The number of rotatable bonds is 45. The van der Waals surface area contributed by atoms with Crippen LogP contribution in [-0.2, 0) is 19.1 Å². The number of nitrogens with one attached hydrogen (secondary N) is 2. The lowest BCUT2D eigenvalue weighted by Crippen LogP contribution is -2.38. The standard InChI is InChI=1S/C51H95N3O6/c1-6-10-13-16-21-28-35-44(9-4)59-46(55)38-31-24-19-26-33-41-54(43-40-53-49-48(52-5)50(57)51(49)58)42-34-27-20-25-32-39-47(56)60-45(36-29-22-17-14-11-7-2)37-30-23-18-15-12-8-3/h44-45,52-53H,6-43H2,1-5H3. The van der Waals surface area contributed by atoms with E-state index >= 15 is 0 Å². The van der Waals surface area contributed by atoms with E-state index in [9.17, 15) is 19.2 Å². The summed E-state index contributed by atoms with van der Waals surface area (Å²) in [6.07, 6.45) is 38.3. The molecule has 0 bridgehead atoms. The van der Waals surface area contributed by atoms with Crippen molar-refractivity contribution in [1.82, 2.24) is 4.90 Å². The minimum absolute atomic E-state index is 0.0114. The topological polar surface area (TPSA) is 114 Å². The monoisotopic (exact) mass is 846 g/mol. The van der Waals surface area contributed by atoms with E-state index in [1.165, 1.54) is 96.3 Å². The molecule has 1 unspecified atom stereocenters. The fourth-order valence-electron chi connectivity index (χ4n) is 8.30. The van der Waals surface area contributed by atoms with Crippen LogP contribution in [0.3, 0.4) is 0 Å². The zero-order valence-electron chi connectivity index (χ0n) is 39.9. The van der Waals surface area contributed by atoms with Crippen molar-refractivity contribution >= 4 is 23.3 Å². The third-order valence-corrected chi connectivity index (χ3v) is 12.3. The fourth-order valence-corrected chi connectivity index (χ4v) is 8.30. The molecule has 350 valence electrons. The number of esters is 2. The van der Waals surface area contributed by atoms with Crippen LogP contribution in [0.1, 0.15) is 246 Å². The summed E-state index contributed by atoms with van der Waals surface area (Å²) in [5.41, 5.74) is -0.0949. The van der Waals surface area contributed by atoms with E-state index in [1.54, 1.807) is 7.05 Å². The van der Waals surface area contributed by atoms with Crippen molar-refractivity contribution in [2.24, 2.45) is 0 Å². The van der Waals surface area contributed by atoms with Gasteiger partial charge in [-0.3, -0.25) is 19.2 Å². The van der Waals surface area contributed by atoms with E-state index < -0.39 is 10.9 Å². The lowest BCUT2D eigenvalue weighted by atomic mass is 10.0. The van der Waals surface area contributed by atoms with E-state index in [4.69, 9.17) is 9.47 Å². The highest BCUT2D eigenvalue weighted by Gasteiger charge is 2.19. The molecule has 1 aromatic carbocycles. The van der Waals surface area contributed by atoms with Crippen molar-refractivity contribution in [3.8, 4) is 0 Å². The minimum Gasteiger partial charge on any atom is -0.462 e. The van der Waals surface area contributed by atoms with Gasteiger partial charge in [0.25, 0.3) is 10.9 Å². The molecule has 0 spiro atoms. The molecule has 0 heterocycles. The number of carbonyl (C=O) groups is 2. The predicted octanol–water partition coefficient (Wildman–Crippen LogP) is 13.2. The number of hydrogen-bond donors (Lipinski definition) is 2. The summed E-state index contributed by atoms with van der Waals surface area (Å²) in [5, 5.41) is 6.04. The van der Waals surface area contributed by atoms with Gasteiger partial charge >= 0.3 is 11.9 Å². The van der Waals surface area contributed by atoms with Gasteiger partial charge in [-0.05, 0) is 83.7 Å². The highest BCUT2D eigenvalue weighted by Crippen LogP contribution is 2.19. The molecule has 1 atom stereocenters. The van der Waals surface area contributed by atoms with Crippen LogP contribution in [0.5, 0.6) is 0 Å². The normalized spacial score (nSPS) is 12.1. The summed E-state index contributed by atoms with van der Waals surface area (Å²) in [4.78, 5) is 51.7. The Morgan fingerprint density at radius 2 is 0.833 bits per heavy atom. The number of hydrogen-bond acceptors (Lipinski definition) is 9. The molecule has 0 saturated carbocycles. The minimum atomic E-state index is -0.446. The van der Waals surface area contributed by atoms with Crippen molar-refractivity contribution in [1.29, 1.82) is 0 Å². The van der Waals surface area contributed by atoms with Gasteiger partial charge in [0.1, 0.15) is 23.6 Å². The van der Waals surface area contributed by atoms with Crippen LogP contribution in [0.15, 0.2) is 9.59 Å². The van der Waals surface area contributed by atoms with Crippen LogP contribution >= 0.6 is 0 Å². The number of nitrogens with zero attached hydrogens (tertiary/aromatic N) is 1. The maximum absolute atomic E-state index is 12.9. The summed E-state index contributed by atoms with van der Waals surface area (Å²) >= 11 is 0. The molecule has 1 rings (SSSR count). The molecule has 9 heteroatoms. The van der Waals surface area contributed by atoms with Crippen molar-refractivity contribution in [3.05, 3.63) is 20.4 Å². The first-order valence-electron chi connectivity index (χ1n) is 25.7. The number of carbonyl (C=O) groups excluding carboxylic acids is 2. The lowest BCUT2D eigenvalue weighted by molar-refractivity contribution is -0.150. The average Bonchev–Trinajstić information content (AvgIpc) is 3.24. The lowest BCUT2D eigenvalue weighted by Gasteiger charge is -2.23. The maximum Gasteiger partial charge on any atom is 0.306 e.